The molecule has 2 aromatic rings. The molecule has 0 saturated carbocycles. The lowest BCUT2D eigenvalue weighted by Gasteiger charge is -2.28. The Bertz CT molecular complexity index is 659. The minimum absolute atomic E-state index is 0.217. The third kappa shape index (κ3) is 4.08. The number of hydrogen-bond donors (Lipinski definition) is 0. The number of carbonyl (C=O) groups excluding carboxylic acids is 2. The Hall–Kier alpha value is -1.93. The van der Waals surface area contributed by atoms with Crippen LogP contribution in [0.3, 0.4) is 0 Å². The molecular weight excluding hydrogens is 308 g/mol. The van der Waals surface area contributed by atoms with Crippen molar-refractivity contribution in [3.8, 4) is 11.1 Å². The van der Waals surface area contributed by atoms with E-state index < -0.39 is 5.41 Å². The highest BCUT2D eigenvalue weighted by molar-refractivity contribution is 6.30. The highest BCUT2D eigenvalue weighted by Crippen LogP contribution is 2.33. The number of benzene rings is 2. The Morgan fingerprint density at radius 1 is 0.957 bits per heavy atom. The molecule has 0 bridgehead atoms. The molecule has 120 valence electrons. The van der Waals surface area contributed by atoms with Crippen molar-refractivity contribution in [3.63, 3.8) is 0 Å². The van der Waals surface area contributed by atoms with E-state index in [9.17, 15) is 9.59 Å². The zero-order valence-corrected chi connectivity index (χ0v) is 14.2. The fraction of sp³-hybridized carbons (Fsp3) is 0.300. The van der Waals surface area contributed by atoms with E-state index in [1.807, 2.05) is 48.5 Å². The predicted octanol–water partition coefficient (Wildman–Crippen LogP) is 5.08. The minimum atomic E-state index is -0.728. The summed E-state index contributed by atoms with van der Waals surface area (Å²) in [5.41, 5.74) is 2.29. The molecule has 2 rings (SSSR count). The molecule has 0 radical (unpaired) electrons. The van der Waals surface area contributed by atoms with Gasteiger partial charge in [0.2, 0.25) is 0 Å². The van der Waals surface area contributed by atoms with Crippen LogP contribution in [-0.2, 0) is 15.0 Å². The normalized spacial score (nSPS) is 13.6. The van der Waals surface area contributed by atoms with Crippen LogP contribution < -0.4 is 0 Å². The summed E-state index contributed by atoms with van der Waals surface area (Å²) in [6, 6.07) is 15.5. The van der Waals surface area contributed by atoms with Crippen LogP contribution in [0, 0.1) is 5.92 Å². The molecule has 1 atom stereocenters. The van der Waals surface area contributed by atoms with Crippen LogP contribution >= 0.6 is 11.6 Å². The van der Waals surface area contributed by atoms with Gasteiger partial charge in [-0.1, -0.05) is 61.8 Å². The van der Waals surface area contributed by atoms with Crippen LogP contribution in [0.5, 0.6) is 0 Å². The highest BCUT2D eigenvalue weighted by atomic mass is 35.5. The van der Waals surface area contributed by atoms with Gasteiger partial charge in [0.25, 0.3) is 0 Å². The van der Waals surface area contributed by atoms with Gasteiger partial charge in [-0.15, -0.1) is 0 Å². The topological polar surface area (TPSA) is 34.1 Å². The number of carbonyl (C=O) groups is 2. The van der Waals surface area contributed by atoms with Gasteiger partial charge in [-0.2, -0.15) is 0 Å². The molecule has 0 heterocycles. The van der Waals surface area contributed by atoms with Gasteiger partial charge in [0.15, 0.2) is 0 Å². The van der Waals surface area contributed by atoms with Crippen molar-refractivity contribution in [2.24, 2.45) is 5.92 Å². The van der Waals surface area contributed by atoms with Crippen LogP contribution in [0.4, 0.5) is 0 Å². The van der Waals surface area contributed by atoms with Gasteiger partial charge < -0.3 is 9.59 Å². The summed E-state index contributed by atoms with van der Waals surface area (Å²) in [6.07, 6.45) is 2.65. The van der Waals surface area contributed by atoms with Crippen molar-refractivity contribution in [1.29, 1.82) is 0 Å². The Balaban J connectivity index is 2.36. The van der Waals surface area contributed by atoms with Crippen LogP contribution in [0.15, 0.2) is 48.5 Å². The van der Waals surface area contributed by atoms with Crippen molar-refractivity contribution >= 4 is 24.2 Å². The first-order valence-electron chi connectivity index (χ1n) is 7.77. The molecule has 2 nitrogen and oxygen atoms in total. The van der Waals surface area contributed by atoms with Gasteiger partial charge in [0.05, 0.1) is 5.41 Å². The maximum Gasteiger partial charge on any atom is 0.130 e. The maximum absolute atomic E-state index is 11.8. The molecule has 3 heteroatoms. The monoisotopic (exact) mass is 328 g/mol. The molecule has 0 aliphatic carbocycles. The largest absolute Gasteiger partial charge is 0.303 e. The average molecular weight is 329 g/mol. The fourth-order valence-electron chi connectivity index (χ4n) is 3.00. The van der Waals surface area contributed by atoms with Gasteiger partial charge in [-0.25, -0.2) is 0 Å². The summed E-state index contributed by atoms with van der Waals surface area (Å²) in [7, 11) is 0. The Labute approximate surface area is 142 Å². The summed E-state index contributed by atoms with van der Waals surface area (Å²) in [6.45, 7) is 4.12. The molecule has 0 aliphatic rings. The Kier molecular flexibility index (Phi) is 5.73. The molecule has 1 unspecified atom stereocenters. The second-order valence-electron chi connectivity index (χ2n) is 6.33. The van der Waals surface area contributed by atoms with Crippen LogP contribution in [-0.4, -0.2) is 12.6 Å². The zero-order valence-electron chi connectivity index (χ0n) is 13.5. The smallest absolute Gasteiger partial charge is 0.130 e. The van der Waals surface area contributed by atoms with E-state index in [0.29, 0.717) is 17.4 Å². The van der Waals surface area contributed by atoms with E-state index in [1.54, 1.807) is 0 Å². The van der Waals surface area contributed by atoms with Crippen LogP contribution in [0.25, 0.3) is 11.1 Å². The third-order valence-corrected chi connectivity index (χ3v) is 4.34. The molecule has 2 aromatic carbocycles. The summed E-state index contributed by atoms with van der Waals surface area (Å²) >= 11 is 5.91. The van der Waals surface area contributed by atoms with E-state index in [0.717, 1.165) is 29.3 Å². The summed E-state index contributed by atoms with van der Waals surface area (Å²) in [4.78, 5) is 22.9. The van der Waals surface area contributed by atoms with Gasteiger partial charge >= 0.3 is 0 Å². The molecule has 0 N–H and O–H groups in total. The van der Waals surface area contributed by atoms with Crippen molar-refractivity contribution in [2.45, 2.75) is 32.1 Å². The zero-order chi connectivity index (χ0) is 16.9. The van der Waals surface area contributed by atoms with E-state index >= 15 is 0 Å². The number of hydrogen-bond acceptors (Lipinski definition) is 2. The van der Waals surface area contributed by atoms with Gasteiger partial charge in [-0.05, 0) is 41.2 Å². The lowest BCUT2D eigenvalue weighted by Crippen LogP contribution is -2.30. The molecule has 23 heavy (non-hydrogen) atoms. The Morgan fingerprint density at radius 2 is 1.48 bits per heavy atom. The summed E-state index contributed by atoms with van der Waals surface area (Å²) in [5.74, 6) is 0.330. The van der Waals surface area contributed by atoms with E-state index in [1.165, 1.54) is 0 Å². The predicted molar refractivity (Wildman–Crippen MR) is 94.8 cm³/mol. The van der Waals surface area contributed by atoms with Crippen molar-refractivity contribution in [2.75, 3.05) is 0 Å². The first kappa shape index (κ1) is 17.4. The number of aldehydes is 2. The second kappa shape index (κ2) is 7.56. The van der Waals surface area contributed by atoms with Crippen molar-refractivity contribution in [3.05, 3.63) is 59.1 Å². The molecular formula is C20H21ClO2. The van der Waals surface area contributed by atoms with Crippen molar-refractivity contribution in [1.82, 2.24) is 0 Å². The maximum atomic E-state index is 11.8. The summed E-state index contributed by atoms with van der Waals surface area (Å²) < 4.78 is 0. The minimum Gasteiger partial charge on any atom is -0.303 e. The first-order valence-corrected chi connectivity index (χ1v) is 8.15. The molecule has 0 fully saturated rings. The van der Waals surface area contributed by atoms with Crippen LogP contribution in [0.2, 0.25) is 5.02 Å². The number of rotatable bonds is 7. The van der Waals surface area contributed by atoms with Crippen LogP contribution in [0.1, 0.15) is 32.3 Å². The van der Waals surface area contributed by atoms with E-state index in [2.05, 4.69) is 13.8 Å². The molecule has 0 amide bonds. The standard InChI is InChI=1S/C20H21ClO2/c1-15(2)13-20(14-23,11-12-22)18-7-3-16(4-8-18)17-5-9-19(21)10-6-17/h3-10,12,14-15H,11,13H2,1-2H3. The molecule has 0 spiro atoms. The quantitative estimate of drug-likeness (QED) is 0.664. The highest BCUT2D eigenvalue weighted by Gasteiger charge is 2.32. The second-order valence-corrected chi connectivity index (χ2v) is 6.76. The first-order chi connectivity index (χ1) is 11.0. The van der Waals surface area contributed by atoms with Gasteiger partial charge in [0, 0.05) is 11.4 Å². The van der Waals surface area contributed by atoms with Crippen molar-refractivity contribution < 1.29 is 9.59 Å². The van der Waals surface area contributed by atoms with E-state index in [-0.39, 0.29) is 6.42 Å². The lowest BCUT2D eigenvalue weighted by molar-refractivity contribution is -0.117. The Morgan fingerprint density at radius 3 is 1.91 bits per heavy atom. The third-order valence-electron chi connectivity index (χ3n) is 4.08. The SMILES string of the molecule is CC(C)CC(C=O)(CC=O)c1ccc(-c2ccc(Cl)cc2)cc1. The number of halogens is 1. The summed E-state index contributed by atoms with van der Waals surface area (Å²) in [5, 5.41) is 0.702. The fourth-order valence-corrected chi connectivity index (χ4v) is 3.12. The lowest BCUT2D eigenvalue weighted by atomic mass is 9.73. The molecule has 0 aliphatic heterocycles. The van der Waals surface area contributed by atoms with E-state index in [4.69, 9.17) is 11.6 Å². The molecule has 0 saturated heterocycles. The van der Waals surface area contributed by atoms with Gasteiger partial charge in [-0.3, -0.25) is 0 Å². The average Bonchev–Trinajstić information content (AvgIpc) is 2.55. The molecule has 0 aromatic heterocycles. The van der Waals surface area contributed by atoms with Gasteiger partial charge in [0.1, 0.15) is 12.6 Å².